The fraction of sp³-hybridized carbons (Fsp3) is 0.250. The van der Waals surface area contributed by atoms with Crippen molar-refractivity contribution < 1.29 is 17.9 Å². The molecule has 0 amide bonds. The lowest BCUT2D eigenvalue weighted by Gasteiger charge is -2.10. The SMILES string of the molecule is O=S(=O)(NCc1ccc2c(c1)OCCCO2)c1ccccc1. The topological polar surface area (TPSA) is 64.6 Å². The highest BCUT2D eigenvalue weighted by Crippen LogP contribution is 2.30. The number of sulfonamides is 1. The smallest absolute Gasteiger partial charge is 0.240 e. The molecule has 1 aliphatic heterocycles. The molecule has 1 aliphatic rings. The van der Waals surface area contributed by atoms with Gasteiger partial charge in [0.15, 0.2) is 11.5 Å². The van der Waals surface area contributed by atoms with Crippen LogP contribution in [-0.2, 0) is 16.6 Å². The summed E-state index contributed by atoms with van der Waals surface area (Å²) in [7, 11) is -3.51. The molecule has 0 spiro atoms. The van der Waals surface area contributed by atoms with E-state index in [0.29, 0.717) is 24.7 Å². The third kappa shape index (κ3) is 3.40. The molecular formula is C16H17NO4S. The van der Waals surface area contributed by atoms with E-state index in [9.17, 15) is 8.42 Å². The van der Waals surface area contributed by atoms with Crippen LogP contribution in [0.5, 0.6) is 11.5 Å². The number of ether oxygens (including phenoxy) is 2. The largest absolute Gasteiger partial charge is 0.490 e. The molecular weight excluding hydrogens is 302 g/mol. The van der Waals surface area contributed by atoms with Gasteiger partial charge in [-0.3, -0.25) is 0 Å². The van der Waals surface area contributed by atoms with Crippen LogP contribution in [0.2, 0.25) is 0 Å². The minimum absolute atomic E-state index is 0.202. The highest BCUT2D eigenvalue weighted by molar-refractivity contribution is 7.89. The number of nitrogens with one attached hydrogen (secondary N) is 1. The van der Waals surface area contributed by atoms with Gasteiger partial charge in [0.1, 0.15) is 0 Å². The zero-order valence-electron chi connectivity index (χ0n) is 12.0. The van der Waals surface area contributed by atoms with Crippen molar-refractivity contribution in [2.45, 2.75) is 17.9 Å². The lowest BCUT2D eigenvalue weighted by Crippen LogP contribution is -2.23. The Bertz CT molecular complexity index is 744. The molecule has 6 heteroatoms. The molecule has 116 valence electrons. The summed E-state index contributed by atoms with van der Waals surface area (Å²) < 4.78 is 38.1. The molecule has 2 aromatic rings. The van der Waals surface area contributed by atoms with E-state index in [-0.39, 0.29) is 11.4 Å². The average Bonchev–Trinajstić information content (AvgIpc) is 2.78. The fourth-order valence-electron chi connectivity index (χ4n) is 2.18. The first-order valence-corrected chi connectivity index (χ1v) is 8.57. The Kier molecular flexibility index (Phi) is 4.31. The zero-order valence-corrected chi connectivity index (χ0v) is 12.8. The Labute approximate surface area is 129 Å². The predicted molar refractivity (Wildman–Crippen MR) is 82.5 cm³/mol. The maximum atomic E-state index is 12.2. The number of hydrogen-bond acceptors (Lipinski definition) is 4. The van der Waals surface area contributed by atoms with Gasteiger partial charge in [-0.2, -0.15) is 0 Å². The summed E-state index contributed by atoms with van der Waals surface area (Å²) in [5, 5.41) is 0. The van der Waals surface area contributed by atoms with Crippen LogP contribution in [0.4, 0.5) is 0 Å². The monoisotopic (exact) mass is 319 g/mol. The molecule has 0 aliphatic carbocycles. The van der Waals surface area contributed by atoms with Crippen molar-refractivity contribution in [1.82, 2.24) is 4.72 Å². The Hall–Kier alpha value is -2.05. The van der Waals surface area contributed by atoms with Crippen molar-refractivity contribution in [3.05, 3.63) is 54.1 Å². The molecule has 0 aromatic heterocycles. The van der Waals surface area contributed by atoms with Crippen LogP contribution < -0.4 is 14.2 Å². The number of rotatable bonds is 4. The summed E-state index contributed by atoms with van der Waals surface area (Å²) in [4.78, 5) is 0.254. The van der Waals surface area contributed by atoms with Crippen molar-refractivity contribution in [1.29, 1.82) is 0 Å². The average molecular weight is 319 g/mol. The van der Waals surface area contributed by atoms with Gasteiger partial charge in [-0.15, -0.1) is 0 Å². The van der Waals surface area contributed by atoms with Crippen LogP contribution in [0.1, 0.15) is 12.0 Å². The zero-order chi connectivity index (χ0) is 15.4. The first-order chi connectivity index (χ1) is 10.6. The minimum atomic E-state index is -3.51. The van der Waals surface area contributed by atoms with Crippen LogP contribution in [0.25, 0.3) is 0 Å². The molecule has 0 radical (unpaired) electrons. The third-order valence-electron chi connectivity index (χ3n) is 3.33. The Morgan fingerprint density at radius 1 is 0.955 bits per heavy atom. The van der Waals surface area contributed by atoms with Gasteiger partial charge < -0.3 is 9.47 Å². The van der Waals surface area contributed by atoms with E-state index in [0.717, 1.165) is 12.0 Å². The van der Waals surface area contributed by atoms with Crippen molar-refractivity contribution in [2.24, 2.45) is 0 Å². The second-order valence-electron chi connectivity index (χ2n) is 4.97. The summed E-state index contributed by atoms with van der Waals surface area (Å²) in [6, 6.07) is 13.8. The van der Waals surface area contributed by atoms with Crippen molar-refractivity contribution in [3.8, 4) is 11.5 Å². The second kappa shape index (κ2) is 6.37. The fourth-order valence-corrected chi connectivity index (χ4v) is 3.22. The van der Waals surface area contributed by atoms with E-state index in [1.807, 2.05) is 18.2 Å². The Morgan fingerprint density at radius 3 is 2.45 bits per heavy atom. The summed E-state index contributed by atoms with van der Waals surface area (Å²) in [6.07, 6.45) is 0.838. The van der Waals surface area contributed by atoms with E-state index in [1.54, 1.807) is 30.3 Å². The molecule has 22 heavy (non-hydrogen) atoms. The molecule has 0 atom stereocenters. The van der Waals surface area contributed by atoms with Gasteiger partial charge >= 0.3 is 0 Å². The summed E-state index contributed by atoms with van der Waals surface area (Å²) in [5.74, 6) is 1.36. The van der Waals surface area contributed by atoms with E-state index < -0.39 is 10.0 Å². The summed E-state index contributed by atoms with van der Waals surface area (Å²) in [5.41, 5.74) is 0.823. The summed E-state index contributed by atoms with van der Waals surface area (Å²) in [6.45, 7) is 1.44. The molecule has 5 nitrogen and oxygen atoms in total. The lowest BCUT2D eigenvalue weighted by atomic mass is 10.2. The molecule has 0 bridgehead atoms. The molecule has 0 saturated carbocycles. The normalized spacial score (nSPS) is 14.4. The molecule has 2 aromatic carbocycles. The molecule has 0 saturated heterocycles. The molecule has 0 unspecified atom stereocenters. The van der Waals surface area contributed by atoms with Gasteiger partial charge in [0.2, 0.25) is 10.0 Å². The van der Waals surface area contributed by atoms with Crippen molar-refractivity contribution in [2.75, 3.05) is 13.2 Å². The highest BCUT2D eigenvalue weighted by Gasteiger charge is 2.14. The summed E-state index contributed by atoms with van der Waals surface area (Å²) >= 11 is 0. The van der Waals surface area contributed by atoms with Crippen LogP contribution in [0.3, 0.4) is 0 Å². The third-order valence-corrected chi connectivity index (χ3v) is 4.75. The highest BCUT2D eigenvalue weighted by atomic mass is 32.2. The van der Waals surface area contributed by atoms with Crippen LogP contribution >= 0.6 is 0 Å². The Balaban J connectivity index is 1.73. The van der Waals surface area contributed by atoms with Crippen molar-refractivity contribution in [3.63, 3.8) is 0 Å². The van der Waals surface area contributed by atoms with Crippen molar-refractivity contribution >= 4 is 10.0 Å². The van der Waals surface area contributed by atoms with Gasteiger partial charge in [-0.05, 0) is 29.8 Å². The standard InChI is InChI=1S/C16H17NO4S/c18-22(19,14-5-2-1-3-6-14)17-12-13-7-8-15-16(11-13)21-10-4-9-20-15/h1-3,5-8,11,17H,4,9-10,12H2. The maximum absolute atomic E-state index is 12.2. The quantitative estimate of drug-likeness (QED) is 0.939. The minimum Gasteiger partial charge on any atom is -0.490 e. The van der Waals surface area contributed by atoms with Gasteiger partial charge in [0, 0.05) is 13.0 Å². The number of fused-ring (bicyclic) bond motifs is 1. The number of hydrogen-bond donors (Lipinski definition) is 1. The van der Waals surface area contributed by atoms with E-state index in [4.69, 9.17) is 9.47 Å². The van der Waals surface area contributed by atoms with Crippen LogP contribution in [0, 0.1) is 0 Å². The van der Waals surface area contributed by atoms with Crippen LogP contribution in [-0.4, -0.2) is 21.6 Å². The maximum Gasteiger partial charge on any atom is 0.240 e. The van der Waals surface area contributed by atoms with Crippen LogP contribution in [0.15, 0.2) is 53.4 Å². The van der Waals surface area contributed by atoms with E-state index >= 15 is 0 Å². The molecule has 3 rings (SSSR count). The van der Waals surface area contributed by atoms with Gasteiger partial charge in [0.05, 0.1) is 18.1 Å². The van der Waals surface area contributed by atoms with Gasteiger partial charge in [-0.25, -0.2) is 13.1 Å². The first kappa shape index (κ1) is 14.9. The molecule has 0 fully saturated rings. The van der Waals surface area contributed by atoms with E-state index in [1.165, 1.54) is 0 Å². The van der Waals surface area contributed by atoms with Gasteiger partial charge in [0.25, 0.3) is 0 Å². The predicted octanol–water partition coefficient (Wildman–Crippen LogP) is 2.33. The van der Waals surface area contributed by atoms with Gasteiger partial charge in [-0.1, -0.05) is 24.3 Å². The Morgan fingerprint density at radius 2 is 1.68 bits per heavy atom. The van der Waals surface area contributed by atoms with E-state index in [2.05, 4.69) is 4.72 Å². The number of benzene rings is 2. The lowest BCUT2D eigenvalue weighted by molar-refractivity contribution is 0.297. The molecule has 1 N–H and O–H groups in total. The second-order valence-corrected chi connectivity index (χ2v) is 6.74. The molecule has 1 heterocycles. The first-order valence-electron chi connectivity index (χ1n) is 7.08.